The maximum atomic E-state index is 12.2. The molecule has 100 valence electrons. The van der Waals surface area contributed by atoms with Crippen molar-refractivity contribution >= 4 is 21.8 Å². The van der Waals surface area contributed by atoms with Gasteiger partial charge >= 0.3 is 0 Å². The van der Waals surface area contributed by atoms with Crippen molar-refractivity contribution in [2.45, 2.75) is 38.6 Å². The molecule has 1 aliphatic rings. The minimum Gasteiger partial charge on any atom is -0.348 e. The molecule has 0 spiro atoms. The number of nitrogens with one attached hydrogen (secondary N) is 1. The summed E-state index contributed by atoms with van der Waals surface area (Å²) < 4.78 is 1.67. The van der Waals surface area contributed by atoms with Crippen LogP contribution < -0.4 is 5.32 Å². The van der Waals surface area contributed by atoms with Crippen molar-refractivity contribution < 1.29 is 4.79 Å². The Balaban J connectivity index is 2.05. The first-order valence-corrected chi connectivity index (χ1v) is 7.67. The van der Waals surface area contributed by atoms with Gasteiger partial charge in [0.2, 0.25) is 0 Å². The predicted molar refractivity (Wildman–Crippen MR) is 75.0 cm³/mol. The van der Waals surface area contributed by atoms with Crippen LogP contribution in [0.5, 0.6) is 0 Å². The Morgan fingerprint density at radius 1 is 1.61 bits per heavy atom. The van der Waals surface area contributed by atoms with E-state index in [0.717, 1.165) is 23.9 Å². The molecule has 2 atom stereocenters. The van der Waals surface area contributed by atoms with Gasteiger partial charge in [-0.25, -0.2) is 0 Å². The third-order valence-corrected chi connectivity index (χ3v) is 4.53. The molecule has 1 aliphatic carbocycles. The molecule has 2 unspecified atom stereocenters. The average molecular weight is 314 g/mol. The van der Waals surface area contributed by atoms with E-state index >= 15 is 0 Å². The second-order valence-corrected chi connectivity index (χ2v) is 5.57. The molecule has 0 bridgehead atoms. The summed E-state index contributed by atoms with van der Waals surface area (Å²) in [5.41, 5.74) is 1.62. The van der Waals surface area contributed by atoms with Crippen LogP contribution in [0.3, 0.4) is 0 Å². The maximum absolute atomic E-state index is 12.2. The van der Waals surface area contributed by atoms with Crippen LogP contribution in [0.4, 0.5) is 0 Å². The largest absolute Gasteiger partial charge is 0.348 e. The Labute approximate surface area is 116 Å². The van der Waals surface area contributed by atoms with Crippen LogP contribution in [0.2, 0.25) is 0 Å². The number of alkyl halides is 1. The smallest absolute Gasteiger partial charge is 0.269 e. The highest BCUT2D eigenvalue weighted by atomic mass is 79.9. The van der Waals surface area contributed by atoms with Gasteiger partial charge in [0.15, 0.2) is 0 Å². The van der Waals surface area contributed by atoms with Crippen LogP contribution in [0.1, 0.15) is 42.4 Å². The Morgan fingerprint density at radius 2 is 2.39 bits per heavy atom. The number of hydrogen-bond donors (Lipinski definition) is 1. The first-order chi connectivity index (χ1) is 8.65. The number of carbonyl (C=O) groups is 1. The quantitative estimate of drug-likeness (QED) is 0.867. The molecule has 1 amide bonds. The maximum Gasteiger partial charge on any atom is 0.269 e. The summed E-state index contributed by atoms with van der Waals surface area (Å²) in [5.74, 6) is 0.565. The van der Waals surface area contributed by atoms with Crippen molar-refractivity contribution in [3.63, 3.8) is 0 Å². The van der Waals surface area contributed by atoms with Crippen molar-refractivity contribution in [2.75, 3.05) is 5.33 Å². The number of amides is 1. The van der Waals surface area contributed by atoms with Crippen LogP contribution in [-0.4, -0.2) is 27.1 Å². The molecule has 1 saturated carbocycles. The molecule has 1 heterocycles. The summed E-state index contributed by atoms with van der Waals surface area (Å²) >= 11 is 3.52. The second-order valence-electron chi connectivity index (χ2n) is 4.92. The number of rotatable bonds is 4. The van der Waals surface area contributed by atoms with Crippen molar-refractivity contribution in [1.82, 2.24) is 15.1 Å². The van der Waals surface area contributed by atoms with Crippen LogP contribution >= 0.6 is 15.9 Å². The van der Waals surface area contributed by atoms with Gasteiger partial charge in [0, 0.05) is 18.4 Å². The molecule has 5 heteroatoms. The predicted octanol–water partition coefficient (Wildman–Crippen LogP) is 2.28. The van der Waals surface area contributed by atoms with E-state index in [1.807, 2.05) is 20.0 Å². The summed E-state index contributed by atoms with van der Waals surface area (Å²) in [4.78, 5) is 12.2. The zero-order valence-electron chi connectivity index (χ0n) is 10.9. The van der Waals surface area contributed by atoms with E-state index in [1.165, 1.54) is 12.8 Å². The van der Waals surface area contributed by atoms with Gasteiger partial charge in [-0.15, -0.1) is 0 Å². The van der Waals surface area contributed by atoms with Gasteiger partial charge in [-0.3, -0.25) is 9.48 Å². The minimum atomic E-state index is 0.00236. The lowest BCUT2D eigenvalue weighted by Gasteiger charge is -2.18. The molecule has 0 aromatic carbocycles. The first kappa shape index (κ1) is 13.6. The van der Waals surface area contributed by atoms with E-state index in [1.54, 1.807) is 4.68 Å². The molecule has 0 aliphatic heterocycles. The van der Waals surface area contributed by atoms with Crippen molar-refractivity contribution in [3.8, 4) is 0 Å². The number of halogens is 1. The molecule has 1 N–H and O–H groups in total. The molecular formula is C13H20BrN3O. The van der Waals surface area contributed by atoms with Gasteiger partial charge in [-0.2, -0.15) is 5.10 Å². The van der Waals surface area contributed by atoms with Gasteiger partial charge in [0.25, 0.3) is 5.91 Å². The molecule has 1 aromatic rings. The fourth-order valence-electron chi connectivity index (χ4n) is 2.57. The van der Waals surface area contributed by atoms with Crippen LogP contribution in [0.25, 0.3) is 0 Å². The Morgan fingerprint density at radius 3 is 3.00 bits per heavy atom. The van der Waals surface area contributed by atoms with E-state index in [4.69, 9.17) is 0 Å². The van der Waals surface area contributed by atoms with Gasteiger partial charge < -0.3 is 5.32 Å². The summed E-state index contributed by atoms with van der Waals surface area (Å²) in [7, 11) is 1.82. The number of nitrogens with zero attached hydrogens (tertiary/aromatic N) is 2. The minimum absolute atomic E-state index is 0.00236. The number of aryl methyl sites for hydroxylation is 2. The number of hydrogen-bond acceptors (Lipinski definition) is 2. The summed E-state index contributed by atoms with van der Waals surface area (Å²) in [5, 5.41) is 8.42. The fraction of sp³-hybridized carbons (Fsp3) is 0.692. The van der Waals surface area contributed by atoms with Gasteiger partial charge in [0.05, 0.1) is 5.69 Å². The molecule has 2 rings (SSSR count). The van der Waals surface area contributed by atoms with Gasteiger partial charge in [0.1, 0.15) is 5.69 Å². The van der Waals surface area contributed by atoms with Gasteiger partial charge in [-0.05, 0) is 31.2 Å². The standard InChI is InChI=1S/C13H20BrN3O/c1-3-10-7-12(17(2)16-10)13(18)15-11-6-4-5-9(11)8-14/h7,9,11H,3-6,8H2,1-2H3,(H,15,18). The second kappa shape index (κ2) is 5.87. The van der Waals surface area contributed by atoms with Crippen molar-refractivity contribution in [1.29, 1.82) is 0 Å². The Kier molecular flexibility index (Phi) is 4.43. The van der Waals surface area contributed by atoms with Gasteiger partial charge in [-0.1, -0.05) is 29.3 Å². The van der Waals surface area contributed by atoms with Crippen molar-refractivity contribution in [2.24, 2.45) is 13.0 Å². The highest BCUT2D eigenvalue weighted by molar-refractivity contribution is 9.09. The zero-order chi connectivity index (χ0) is 13.1. The van der Waals surface area contributed by atoms with E-state index in [-0.39, 0.29) is 5.91 Å². The van der Waals surface area contributed by atoms with Crippen molar-refractivity contribution in [3.05, 3.63) is 17.5 Å². The van der Waals surface area contributed by atoms with Crippen LogP contribution in [-0.2, 0) is 13.5 Å². The lowest BCUT2D eigenvalue weighted by molar-refractivity contribution is 0.0920. The molecule has 1 fully saturated rings. The Bertz CT molecular complexity index is 430. The van der Waals surface area contributed by atoms with E-state index in [0.29, 0.717) is 17.7 Å². The monoisotopic (exact) mass is 313 g/mol. The fourth-order valence-corrected chi connectivity index (χ4v) is 3.34. The molecule has 4 nitrogen and oxygen atoms in total. The summed E-state index contributed by atoms with van der Waals surface area (Å²) in [6.07, 6.45) is 4.34. The lowest BCUT2D eigenvalue weighted by Crippen LogP contribution is -2.38. The van der Waals surface area contributed by atoms with Crippen LogP contribution in [0.15, 0.2) is 6.07 Å². The first-order valence-electron chi connectivity index (χ1n) is 6.55. The third kappa shape index (κ3) is 2.76. The normalized spacial score (nSPS) is 23.3. The molecule has 18 heavy (non-hydrogen) atoms. The summed E-state index contributed by atoms with van der Waals surface area (Å²) in [6.45, 7) is 2.04. The SMILES string of the molecule is CCc1cc(C(=O)NC2CCCC2CBr)n(C)n1. The topological polar surface area (TPSA) is 46.9 Å². The molecule has 0 saturated heterocycles. The highest BCUT2D eigenvalue weighted by Gasteiger charge is 2.28. The van der Waals surface area contributed by atoms with E-state index in [9.17, 15) is 4.79 Å². The molecule has 1 aromatic heterocycles. The third-order valence-electron chi connectivity index (χ3n) is 3.70. The average Bonchev–Trinajstić information content (AvgIpc) is 2.95. The Hall–Kier alpha value is -0.840. The lowest BCUT2D eigenvalue weighted by atomic mass is 10.1. The van der Waals surface area contributed by atoms with Crippen LogP contribution in [0, 0.1) is 5.92 Å². The molecule has 0 radical (unpaired) electrons. The highest BCUT2D eigenvalue weighted by Crippen LogP contribution is 2.27. The summed E-state index contributed by atoms with van der Waals surface area (Å²) in [6, 6.07) is 2.19. The molecular weight excluding hydrogens is 294 g/mol. The zero-order valence-corrected chi connectivity index (χ0v) is 12.5. The van der Waals surface area contributed by atoms with E-state index in [2.05, 4.69) is 26.3 Å². The van der Waals surface area contributed by atoms with E-state index < -0.39 is 0 Å². The number of carbonyl (C=O) groups excluding carboxylic acids is 1. The number of aromatic nitrogens is 2.